The van der Waals surface area contributed by atoms with Crippen molar-refractivity contribution in [3.05, 3.63) is 58.6 Å². The first-order valence-electron chi connectivity index (χ1n) is 8.06. The summed E-state index contributed by atoms with van der Waals surface area (Å²) in [6.45, 7) is 1.41. The Morgan fingerprint density at radius 3 is 2.48 bits per heavy atom. The maximum atomic E-state index is 6.00. The van der Waals surface area contributed by atoms with Gasteiger partial charge in [0.2, 0.25) is 0 Å². The smallest absolute Gasteiger partial charge is 0.191 e. The molecule has 134 valence electrons. The Morgan fingerprint density at radius 1 is 1.00 bits per heavy atom. The summed E-state index contributed by atoms with van der Waals surface area (Å²) in [4.78, 5) is 4.24. The molecule has 2 aromatic carbocycles. The Balaban J connectivity index is 1.84. The summed E-state index contributed by atoms with van der Waals surface area (Å²) in [5, 5.41) is 7.35. The Labute approximate surface area is 154 Å². The number of hydrogen-bond donors (Lipinski definition) is 2. The van der Waals surface area contributed by atoms with Crippen molar-refractivity contribution in [3.63, 3.8) is 0 Å². The fourth-order valence-corrected chi connectivity index (χ4v) is 2.63. The molecule has 0 heterocycles. The van der Waals surface area contributed by atoms with Gasteiger partial charge in [0.15, 0.2) is 17.5 Å². The highest BCUT2D eigenvalue weighted by molar-refractivity contribution is 6.30. The number of guanidine groups is 1. The number of ether oxygens (including phenoxy) is 2. The van der Waals surface area contributed by atoms with Crippen LogP contribution in [0, 0.1) is 0 Å². The molecule has 2 N–H and O–H groups in total. The number of nitrogens with one attached hydrogen (secondary N) is 2. The normalized spacial score (nSPS) is 11.1. The van der Waals surface area contributed by atoms with Gasteiger partial charge in [0, 0.05) is 25.2 Å². The van der Waals surface area contributed by atoms with Crippen molar-refractivity contribution in [3.8, 4) is 11.5 Å². The summed E-state index contributed by atoms with van der Waals surface area (Å²) in [5.74, 6) is 2.18. The van der Waals surface area contributed by atoms with E-state index in [2.05, 4.69) is 21.7 Å². The lowest BCUT2D eigenvalue weighted by Gasteiger charge is -2.13. The first-order chi connectivity index (χ1) is 12.2. The zero-order chi connectivity index (χ0) is 18.1. The van der Waals surface area contributed by atoms with Crippen LogP contribution in [0.25, 0.3) is 0 Å². The summed E-state index contributed by atoms with van der Waals surface area (Å²) >= 11 is 6.00. The molecule has 6 heteroatoms. The SMILES string of the molecule is CN=C(NCCc1cccc(Cl)c1)NCc1ccc(OC)c(OC)c1. The minimum atomic E-state index is 0.636. The molecule has 0 saturated heterocycles. The molecule has 0 spiro atoms. The van der Waals surface area contributed by atoms with E-state index in [0.717, 1.165) is 35.3 Å². The Hall–Kier alpha value is -2.40. The summed E-state index contributed by atoms with van der Waals surface area (Å²) in [6.07, 6.45) is 0.873. The topological polar surface area (TPSA) is 54.9 Å². The van der Waals surface area contributed by atoms with Gasteiger partial charge >= 0.3 is 0 Å². The van der Waals surface area contributed by atoms with Gasteiger partial charge in [-0.3, -0.25) is 4.99 Å². The van der Waals surface area contributed by atoms with Crippen LogP contribution in [0.3, 0.4) is 0 Å². The van der Waals surface area contributed by atoms with E-state index in [1.807, 2.05) is 36.4 Å². The maximum Gasteiger partial charge on any atom is 0.191 e. The highest BCUT2D eigenvalue weighted by atomic mass is 35.5. The summed E-state index contributed by atoms with van der Waals surface area (Å²) < 4.78 is 10.6. The van der Waals surface area contributed by atoms with Crippen molar-refractivity contribution in [2.45, 2.75) is 13.0 Å². The molecule has 0 saturated carbocycles. The molecular weight excluding hydrogens is 338 g/mol. The van der Waals surface area contributed by atoms with Gasteiger partial charge in [0.1, 0.15) is 0 Å². The average molecular weight is 362 g/mol. The second kappa shape index (κ2) is 9.79. The van der Waals surface area contributed by atoms with Gasteiger partial charge < -0.3 is 20.1 Å². The highest BCUT2D eigenvalue weighted by Crippen LogP contribution is 2.27. The van der Waals surface area contributed by atoms with E-state index < -0.39 is 0 Å². The quantitative estimate of drug-likeness (QED) is 0.587. The predicted octanol–water partition coefficient (Wildman–Crippen LogP) is 3.26. The van der Waals surface area contributed by atoms with Gasteiger partial charge in [-0.2, -0.15) is 0 Å². The number of aliphatic imine (C=N–C) groups is 1. The third-order valence-electron chi connectivity index (χ3n) is 3.73. The van der Waals surface area contributed by atoms with Crippen molar-refractivity contribution in [2.24, 2.45) is 4.99 Å². The first kappa shape index (κ1) is 18.9. The van der Waals surface area contributed by atoms with E-state index in [9.17, 15) is 0 Å². The van der Waals surface area contributed by atoms with Crippen LogP contribution in [0.4, 0.5) is 0 Å². The molecule has 0 aromatic heterocycles. The summed E-state index contributed by atoms with van der Waals surface area (Å²) in [5.41, 5.74) is 2.27. The van der Waals surface area contributed by atoms with Crippen molar-refractivity contribution in [1.82, 2.24) is 10.6 Å². The van der Waals surface area contributed by atoms with E-state index >= 15 is 0 Å². The van der Waals surface area contributed by atoms with Gasteiger partial charge in [-0.15, -0.1) is 0 Å². The van der Waals surface area contributed by atoms with E-state index in [1.54, 1.807) is 21.3 Å². The molecule has 0 aliphatic heterocycles. The van der Waals surface area contributed by atoms with Crippen molar-refractivity contribution < 1.29 is 9.47 Å². The Bertz CT molecular complexity index is 720. The van der Waals surface area contributed by atoms with Crippen molar-refractivity contribution >= 4 is 17.6 Å². The lowest BCUT2D eigenvalue weighted by atomic mass is 10.1. The Kier molecular flexibility index (Phi) is 7.41. The molecule has 0 atom stereocenters. The molecule has 2 rings (SSSR count). The van der Waals surface area contributed by atoms with Crippen molar-refractivity contribution in [2.75, 3.05) is 27.8 Å². The monoisotopic (exact) mass is 361 g/mol. The third kappa shape index (κ3) is 5.87. The number of benzene rings is 2. The number of hydrogen-bond acceptors (Lipinski definition) is 3. The van der Waals surface area contributed by atoms with Gasteiger partial charge in [0.05, 0.1) is 14.2 Å². The van der Waals surface area contributed by atoms with Crippen molar-refractivity contribution in [1.29, 1.82) is 0 Å². The number of halogens is 1. The fourth-order valence-electron chi connectivity index (χ4n) is 2.41. The molecule has 0 bridgehead atoms. The van der Waals surface area contributed by atoms with Crippen LogP contribution in [0.1, 0.15) is 11.1 Å². The van der Waals surface area contributed by atoms with Gasteiger partial charge in [-0.25, -0.2) is 0 Å². The zero-order valence-corrected chi connectivity index (χ0v) is 15.6. The van der Waals surface area contributed by atoms with Crippen LogP contribution >= 0.6 is 11.6 Å². The molecule has 2 aromatic rings. The minimum Gasteiger partial charge on any atom is -0.493 e. The largest absolute Gasteiger partial charge is 0.493 e. The Morgan fingerprint density at radius 2 is 1.80 bits per heavy atom. The van der Waals surface area contributed by atoms with Crippen LogP contribution < -0.4 is 20.1 Å². The lowest BCUT2D eigenvalue weighted by molar-refractivity contribution is 0.354. The molecule has 0 fully saturated rings. The summed E-state index contributed by atoms with van der Waals surface area (Å²) in [6, 6.07) is 13.7. The molecule has 0 aliphatic carbocycles. The molecule has 0 radical (unpaired) electrons. The van der Waals surface area contributed by atoms with Crippen LogP contribution in [0.5, 0.6) is 11.5 Å². The molecule has 25 heavy (non-hydrogen) atoms. The first-order valence-corrected chi connectivity index (χ1v) is 8.44. The molecule has 5 nitrogen and oxygen atoms in total. The second-order valence-corrected chi connectivity index (χ2v) is 5.86. The summed E-state index contributed by atoms with van der Waals surface area (Å²) in [7, 11) is 5.01. The number of nitrogens with zero attached hydrogens (tertiary/aromatic N) is 1. The molecule has 0 aliphatic rings. The highest BCUT2D eigenvalue weighted by Gasteiger charge is 2.05. The molecule has 0 unspecified atom stereocenters. The van der Waals surface area contributed by atoms with Crippen LogP contribution in [-0.4, -0.2) is 33.8 Å². The minimum absolute atomic E-state index is 0.636. The van der Waals surface area contributed by atoms with E-state index in [0.29, 0.717) is 12.3 Å². The lowest BCUT2D eigenvalue weighted by Crippen LogP contribution is -2.37. The van der Waals surface area contributed by atoms with Gasteiger partial charge in [-0.1, -0.05) is 29.8 Å². The fraction of sp³-hybridized carbons (Fsp3) is 0.316. The number of methoxy groups -OCH3 is 2. The van der Waals surface area contributed by atoms with E-state index in [1.165, 1.54) is 5.56 Å². The van der Waals surface area contributed by atoms with Gasteiger partial charge in [0.25, 0.3) is 0 Å². The predicted molar refractivity (Wildman–Crippen MR) is 103 cm³/mol. The van der Waals surface area contributed by atoms with E-state index in [4.69, 9.17) is 21.1 Å². The zero-order valence-electron chi connectivity index (χ0n) is 14.8. The average Bonchev–Trinajstić information content (AvgIpc) is 2.64. The number of rotatable bonds is 7. The van der Waals surface area contributed by atoms with E-state index in [-0.39, 0.29) is 0 Å². The molecular formula is C19H24ClN3O2. The van der Waals surface area contributed by atoms with Crippen LogP contribution in [0.15, 0.2) is 47.5 Å². The standard InChI is InChI=1S/C19H24ClN3O2/c1-21-19(22-10-9-14-5-4-6-16(20)11-14)23-13-15-7-8-17(24-2)18(12-15)25-3/h4-8,11-12H,9-10,13H2,1-3H3,(H2,21,22,23). The maximum absolute atomic E-state index is 6.00. The second-order valence-electron chi connectivity index (χ2n) is 5.42. The van der Waals surface area contributed by atoms with Crippen LogP contribution in [-0.2, 0) is 13.0 Å². The van der Waals surface area contributed by atoms with Gasteiger partial charge in [-0.05, 0) is 41.8 Å². The molecule has 0 amide bonds. The third-order valence-corrected chi connectivity index (χ3v) is 3.96. The van der Waals surface area contributed by atoms with Crippen LogP contribution in [0.2, 0.25) is 5.02 Å².